The van der Waals surface area contributed by atoms with E-state index in [-0.39, 0.29) is 5.91 Å². The largest absolute Gasteiger partial charge is 0.490 e. The first-order chi connectivity index (χ1) is 13.7. The molecule has 0 radical (unpaired) electrons. The number of carbonyl (C=O) groups is 1. The number of hydrogen-bond acceptors (Lipinski definition) is 3. The summed E-state index contributed by atoms with van der Waals surface area (Å²) in [6.07, 6.45) is 1.82. The second-order valence-electron chi connectivity index (χ2n) is 7.12. The fraction of sp³-hybridized carbons (Fsp3) is 0.435. The lowest BCUT2D eigenvalue weighted by atomic mass is 10.00. The Morgan fingerprint density at radius 3 is 2.57 bits per heavy atom. The molecule has 1 unspecified atom stereocenters. The van der Waals surface area contributed by atoms with Gasteiger partial charge in [-0.25, -0.2) is 0 Å². The highest BCUT2D eigenvalue weighted by Crippen LogP contribution is 2.28. The minimum Gasteiger partial charge on any atom is -0.490 e. The van der Waals surface area contributed by atoms with Crippen LogP contribution in [0.5, 0.6) is 11.5 Å². The second kappa shape index (κ2) is 10.1. The van der Waals surface area contributed by atoms with Crippen molar-refractivity contribution in [3.63, 3.8) is 0 Å². The van der Waals surface area contributed by atoms with Gasteiger partial charge in [-0.15, -0.1) is 0 Å². The monoisotopic (exact) mass is 383 g/mol. The Bertz CT molecular complexity index is 791. The minimum absolute atomic E-state index is 0.116. The van der Waals surface area contributed by atoms with Crippen molar-refractivity contribution in [1.29, 1.82) is 0 Å². The molecule has 0 bridgehead atoms. The Balaban J connectivity index is 1.46. The van der Waals surface area contributed by atoms with E-state index < -0.39 is 0 Å². The third-order valence-corrected chi connectivity index (χ3v) is 5.06. The van der Waals surface area contributed by atoms with Crippen molar-refractivity contribution in [2.45, 2.75) is 33.2 Å². The average molecular weight is 384 g/mol. The molecule has 0 aromatic heterocycles. The van der Waals surface area contributed by atoms with Crippen molar-refractivity contribution in [2.75, 3.05) is 32.8 Å². The van der Waals surface area contributed by atoms with Crippen LogP contribution in [0.1, 0.15) is 30.5 Å². The molecule has 0 saturated carbocycles. The zero-order valence-corrected chi connectivity index (χ0v) is 16.9. The van der Waals surface area contributed by atoms with E-state index in [1.54, 1.807) is 0 Å². The number of ether oxygens (including phenoxy) is 2. The molecule has 5 heteroatoms. The third-order valence-electron chi connectivity index (χ3n) is 5.06. The molecule has 150 valence electrons. The Labute approximate surface area is 167 Å². The average Bonchev–Trinajstić information content (AvgIpc) is 2.70. The number of carbonyl (C=O) groups excluding carboxylic acids is 1. The number of hydrogen-bond donors (Lipinski definition) is 2. The first-order valence-electron chi connectivity index (χ1n) is 10.2. The summed E-state index contributed by atoms with van der Waals surface area (Å²) in [7, 11) is 0. The first kappa shape index (κ1) is 20.2. The maximum Gasteiger partial charge on any atom is 0.275 e. The molecule has 2 aromatic rings. The Morgan fingerprint density at radius 1 is 1.04 bits per heavy atom. The fourth-order valence-electron chi connectivity index (χ4n) is 3.68. The highest BCUT2D eigenvalue weighted by molar-refractivity contribution is 5.76. The summed E-state index contributed by atoms with van der Waals surface area (Å²) >= 11 is 0. The van der Waals surface area contributed by atoms with Gasteiger partial charge < -0.3 is 19.7 Å². The molecule has 5 nitrogen and oxygen atoms in total. The maximum atomic E-state index is 12.3. The molecule has 2 N–H and O–H groups in total. The quantitative estimate of drug-likeness (QED) is 0.694. The zero-order chi connectivity index (χ0) is 19.8. The highest BCUT2D eigenvalue weighted by Gasteiger charge is 2.21. The first-order valence-corrected chi connectivity index (χ1v) is 10.2. The van der Waals surface area contributed by atoms with Gasteiger partial charge >= 0.3 is 0 Å². The number of benzene rings is 2. The van der Waals surface area contributed by atoms with Crippen molar-refractivity contribution in [2.24, 2.45) is 0 Å². The third kappa shape index (κ3) is 5.49. The number of rotatable bonds is 9. The molecule has 1 aliphatic rings. The summed E-state index contributed by atoms with van der Waals surface area (Å²) in [5.41, 5.74) is 3.92. The van der Waals surface area contributed by atoms with Crippen LogP contribution < -0.4 is 19.7 Å². The van der Waals surface area contributed by atoms with Crippen LogP contribution in [0, 0.1) is 0 Å². The van der Waals surface area contributed by atoms with Crippen LogP contribution in [-0.4, -0.2) is 38.8 Å². The van der Waals surface area contributed by atoms with Crippen LogP contribution in [0.2, 0.25) is 0 Å². The van der Waals surface area contributed by atoms with E-state index in [0.717, 1.165) is 43.0 Å². The van der Waals surface area contributed by atoms with Gasteiger partial charge in [-0.2, -0.15) is 0 Å². The molecular formula is C23H31N2O3+. The van der Waals surface area contributed by atoms with Gasteiger partial charge in [0.2, 0.25) is 0 Å². The van der Waals surface area contributed by atoms with Crippen LogP contribution in [0.25, 0.3) is 0 Å². The van der Waals surface area contributed by atoms with E-state index in [0.29, 0.717) is 26.3 Å². The molecule has 1 aliphatic heterocycles. The Kier molecular flexibility index (Phi) is 7.31. The highest BCUT2D eigenvalue weighted by atomic mass is 16.5. The van der Waals surface area contributed by atoms with Crippen molar-refractivity contribution >= 4 is 5.91 Å². The summed E-state index contributed by atoms with van der Waals surface area (Å²) in [5, 5.41) is 3.06. The molecule has 0 saturated heterocycles. The van der Waals surface area contributed by atoms with Crippen LogP contribution in [-0.2, 0) is 24.2 Å². The molecule has 1 atom stereocenters. The van der Waals surface area contributed by atoms with Gasteiger partial charge in [0, 0.05) is 18.5 Å². The standard InChI is InChI=1S/C23H30N2O3/c1-3-27-21-10-9-18(15-22(21)28-4-2)11-13-24-23(26)17-25-14-12-19-7-5-6-8-20(19)16-25/h5-10,15H,3-4,11-14,16-17H2,1-2H3,(H,24,26)/p+1. The summed E-state index contributed by atoms with van der Waals surface area (Å²) in [4.78, 5) is 13.7. The Hall–Kier alpha value is -2.53. The molecular weight excluding hydrogens is 352 g/mol. The van der Waals surface area contributed by atoms with Crippen LogP contribution in [0.4, 0.5) is 0 Å². The molecule has 0 spiro atoms. The lowest BCUT2D eigenvalue weighted by Gasteiger charge is -2.25. The van der Waals surface area contributed by atoms with Gasteiger partial charge in [0.05, 0.1) is 19.8 Å². The smallest absolute Gasteiger partial charge is 0.275 e. The molecule has 0 fully saturated rings. The molecule has 0 aliphatic carbocycles. The summed E-state index contributed by atoms with van der Waals surface area (Å²) in [6, 6.07) is 14.5. The Morgan fingerprint density at radius 2 is 1.79 bits per heavy atom. The summed E-state index contributed by atoms with van der Waals surface area (Å²) in [5.74, 6) is 1.65. The summed E-state index contributed by atoms with van der Waals surface area (Å²) < 4.78 is 11.3. The van der Waals surface area contributed by atoms with Crippen LogP contribution in [0.3, 0.4) is 0 Å². The molecule has 1 amide bonds. The predicted octanol–water partition coefficient (Wildman–Crippen LogP) is 1.78. The number of nitrogens with one attached hydrogen (secondary N) is 2. The van der Waals surface area contributed by atoms with E-state index in [4.69, 9.17) is 9.47 Å². The van der Waals surface area contributed by atoms with E-state index in [9.17, 15) is 4.79 Å². The minimum atomic E-state index is 0.116. The van der Waals surface area contributed by atoms with Gasteiger partial charge in [0.1, 0.15) is 6.54 Å². The second-order valence-corrected chi connectivity index (χ2v) is 7.12. The van der Waals surface area contributed by atoms with Gasteiger partial charge in [0.25, 0.3) is 5.91 Å². The zero-order valence-electron chi connectivity index (χ0n) is 16.9. The normalized spacial score (nSPS) is 15.6. The van der Waals surface area contributed by atoms with Crippen molar-refractivity contribution in [3.05, 3.63) is 59.2 Å². The van der Waals surface area contributed by atoms with Gasteiger partial charge in [-0.1, -0.05) is 30.3 Å². The van der Waals surface area contributed by atoms with E-state index >= 15 is 0 Å². The van der Waals surface area contributed by atoms with Gasteiger partial charge in [-0.3, -0.25) is 4.79 Å². The van der Waals surface area contributed by atoms with Crippen LogP contribution in [0.15, 0.2) is 42.5 Å². The van der Waals surface area contributed by atoms with E-state index in [1.807, 2.05) is 32.0 Å². The van der Waals surface area contributed by atoms with Gasteiger partial charge in [0.15, 0.2) is 18.0 Å². The lowest BCUT2D eigenvalue weighted by Crippen LogP contribution is -3.12. The maximum absolute atomic E-state index is 12.3. The predicted molar refractivity (Wildman–Crippen MR) is 110 cm³/mol. The topological polar surface area (TPSA) is 52.0 Å². The van der Waals surface area contributed by atoms with Crippen molar-refractivity contribution in [3.8, 4) is 11.5 Å². The number of quaternary nitrogens is 1. The van der Waals surface area contributed by atoms with E-state index in [1.165, 1.54) is 16.0 Å². The number of amides is 1. The van der Waals surface area contributed by atoms with Crippen molar-refractivity contribution in [1.82, 2.24) is 5.32 Å². The molecule has 2 aromatic carbocycles. The fourth-order valence-corrected chi connectivity index (χ4v) is 3.68. The SMILES string of the molecule is CCOc1ccc(CCNC(=O)C[NH+]2CCc3ccccc3C2)cc1OCC. The molecule has 1 heterocycles. The molecule has 3 rings (SSSR count). The van der Waals surface area contributed by atoms with Crippen molar-refractivity contribution < 1.29 is 19.2 Å². The summed E-state index contributed by atoms with van der Waals surface area (Å²) in [6.45, 7) is 8.23. The molecule has 28 heavy (non-hydrogen) atoms. The number of fused-ring (bicyclic) bond motifs is 1. The van der Waals surface area contributed by atoms with E-state index in [2.05, 4.69) is 29.6 Å². The lowest BCUT2D eigenvalue weighted by molar-refractivity contribution is -0.908. The van der Waals surface area contributed by atoms with Crippen LogP contribution >= 0.6 is 0 Å². The van der Waals surface area contributed by atoms with Gasteiger partial charge in [-0.05, 0) is 43.5 Å².